The van der Waals surface area contributed by atoms with Crippen LogP contribution in [0.4, 0.5) is 0 Å². The van der Waals surface area contributed by atoms with E-state index in [9.17, 15) is 5.11 Å². The lowest BCUT2D eigenvalue weighted by atomic mass is 10.2. The van der Waals surface area contributed by atoms with E-state index in [0.717, 1.165) is 11.5 Å². The molecule has 13 heavy (non-hydrogen) atoms. The minimum Gasteiger partial charge on any atom is -0.467 e. The summed E-state index contributed by atoms with van der Waals surface area (Å²) in [6.07, 6.45) is 1.17. The van der Waals surface area contributed by atoms with E-state index in [1.807, 2.05) is 35.7 Å². The Hall–Kier alpha value is -0.0600. The first-order valence-corrected chi connectivity index (χ1v) is 6.49. The van der Waals surface area contributed by atoms with E-state index in [2.05, 4.69) is 0 Å². The Morgan fingerprint density at radius 1 is 1.54 bits per heavy atom. The van der Waals surface area contributed by atoms with Crippen molar-refractivity contribution >= 4 is 23.5 Å². The third kappa shape index (κ3) is 2.24. The van der Waals surface area contributed by atoms with Crippen molar-refractivity contribution in [3.63, 3.8) is 0 Å². The minimum atomic E-state index is -0.437. The van der Waals surface area contributed by atoms with Crippen LogP contribution in [0.15, 0.2) is 22.8 Å². The molecule has 0 bridgehead atoms. The van der Waals surface area contributed by atoms with Gasteiger partial charge in [0.15, 0.2) is 0 Å². The zero-order valence-corrected chi connectivity index (χ0v) is 8.81. The molecule has 1 N–H and O–H groups in total. The maximum Gasteiger partial charge on any atom is 0.133 e. The van der Waals surface area contributed by atoms with Crippen molar-refractivity contribution < 1.29 is 9.52 Å². The number of hydrogen-bond acceptors (Lipinski definition) is 4. The van der Waals surface area contributed by atoms with Crippen molar-refractivity contribution in [2.45, 2.75) is 11.4 Å². The summed E-state index contributed by atoms with van der Waals surface area (Å²) in [6.45, 7) is 0. The van der Waals surface area contributed by atoms with E-state index in [4.69, 9.17) is 4.42 Å². The van der Waals surface area contributed by atoms with Crippen molar-refractivity contribution in [2.75, 3.05) is 17.3 Å². The SMILES string of the molecule is OC(c1ccco1)C1CSCCS1. The van der Waals surface area contributed by atoms with Gasteiger partial charge >= 0.3 is 0 Å². The molecule has 72 valence electrons. The number of furan rings is 1. The average Bonchev–Trinajstić information content (AvgIpc) is 2.71. The zero-order chi connectivity index (χ0) is 9.10. The van der Waals surface area contributed by atoms with Crippen LogP contribution in [0.25, 0.3) is 0 Å². The van der Waals surface area contributed by atoms with E-state index in [1.54, 1.807) is 6.26 Å². The summed E-state index contributed by atoms with van der Waals surface area (Å²) < 4.78 is 5.18. The second-order valence-corrected chi connectivity index (χ2v) is 5.44. The molecule has 4 heteroatoms. The van der Waals surface area contributed by atoms with Gasteiger partial charge in [0.2, 0.25) is 0 Å². The molecule has 1 aromatic heterocycles. The van der Waals surface area contributed by atoms with Crippen LogP contribution >= 0.6 is 23.5 Å². The molecule has 1 fully saturated rings. The first kappa shape index (κ1) is 9.49. The Morgan fingerprint density at radius 3 is 3.08 bits per heavy atom. The zero-order valence-electron chi connectivity index (χ0n) is 7.18. The number of aliphatic hydroxyl groups excluding tert-OH is 1. The molecular weight excluding hydrogens is 204 g/mol. The van der Waals surface area contributed by atoms with Crippen LogP contribution < -0.4 is 0 Å². The van der Waals surface area contributed by atoms with E-state index >= 15 is 0 Å². The summed E-state index contributed by atoms with van der Waals surface area (Å²) >= 11 is 3.74. The van der Waals surface area contributed by atoms with Gasteiger partial charge in [-0.15, -0.1) is 0 Å². The maximum atomic E-state index is 9.91. The fourth-order valence-electron chi connectivity index (χ4n) is 1.33. The standard InChI is InChI=1S/C9H12O2S2/c10-9(7-2-1-3-11-7)8-6-12-4-5-13-8/h1-3,8-10H,4-6H2. The third-order valence-corrected chi connectivity index (χ3v) is 4.88. The largest absolute Gasteiger partial charge is 0.467 e. The summed E-state index contributed by atoms with van der Waals surface area (Å²) in [5, 5.41) is 10.2. The predicted molar refractivity (Wildman–Crippen MR) is 57.2 cm³/mol. The Bertz CT molecular complexity index is 242. The molecule has 0 saturated carbocycles. The Kier molecular flexibility index (Phi) is 3.24. The second-order valence-electron chi connectivity index (χ2n) is 2.94. The molecule has 0 spiro atoms. The molecule has 0 aromatic carbocycles. The highest BCUT2D eigenvalue weighted by molar-refractivity contribution is 8.06. The molecule has 1 aromatic rings. The summed E-state index contributed by atoms with van der Waals surface area (Å²) in [5.41, 5.74) is 0. The molecular formula is C9H12O2S2. The Labute approximate surface area is 86.1 Å². The lowest BCUT2D eigenvalue weighted by Crippen LogP contribution is -2.21. The lowest BCUT2D eigenvalue weighted by molar-refractivity contribution is 0.152. The first-order chi connectivity index (χ1) is 6.38. The fourth-order valence-corrected chi connectivity index (χ4v) is 4.06. The second kappa shape index (κ2) is 4.44. The van der Waals surface area contributed by atoms with Crippen LogP contribution in [0.3, 0.4) is 0 Å². The van der Waals surface area contributed by atoms with Crippen LogP contribution in [-0.4, -0.2) is 27.6 Å². The van der Waals surface area contributed by atoms with Gasteiger partial charge in [-0.05, 0) is 12.1 Å². The molecule has 1 aliphatic heterocycles. The van der Waals surface area contributed by atoms with Gasteiger partial charge < -0.3 is 9.52 Å². The Morgan fingerprint density at radius 2 is 2.46 bits per heavy atom. The average molecular weight is 216 g/mol. The van der Waals surface area contributed by atoms with Crippen molar-refractivity contribution in [2.24, 2.45) is 0 Å². The molecule has 2 unspecified atom stereocenters. The normalized spacial score (nSPS) is 25.8. The van der Waals surface area contributed by atoms with Gasteiger partial charge in [-0.2, -0.15) is 23.5 Å². The summed E-state index contributed by atoms with van der Waals surface area (Å²) in [4.78, 5) is 0. The van der Waals surface area contributed by atoms with E-state index < -0.39 is 6.10 Å². The lowest BCUT2D eigenvalue weighted by Gasteiger charge is -2.24. The van der Waals surface area contributed by atoms with Crippen LogP contribution in [-0.2, 0) is 0 Å². The van der Waals surface area contributed by atoms with Crippen LogP contribution in [0, 0.1) is 0 Å². The van der Waals surface area contributed by atoms with Crippen LogP contribution in [0.1, 0.15) is 11.9 Å². The highest BCUT2D eigenvalue weighted by Crippen LogP contribution is 2.33. The predicted octanol–water partition coefficient (Wildman–Crippen LogP) is 2.16. The summed E-state index contributed by atoms with van der Waals surface area (Å²) in [7, 11) is 0. The molecule has 0 amide bonds. The summed E-state index contributed by atoms with van der Waals surface area (Å²) in [6, 6.07) is 3.66. The van der Waals surface area contributed by atoms with Gasteiger partial charge in [0.25, 0.3) is 0 Å². The van der Waals surface area contributed by atoms with Crippen LogP contribution in [0.5, 0.6) is 0 Å². The van der Waals surface area contributed by atoms with Gasteiger partial charge in [-0.25, -0.2) is 0 Å². The van der Waals surface area contributed by atoms with Gasteiger partial charge in [-0.3, -0.25) is 0 Å². The molecule has 2 heterocycles. The molecule has 2 nitrogen and oxygen atoms in total. The number of aliphatic hydroxyl groups is 1. The molecule has 2 atom stereocenters. The van der Waals surface area contributed by atoms with E-state index in [0.29, 0.717) is 11.0 Å². The molecule has 0 aliphatic carbocycles. The number of rotatable bonds is 2. The maximum absolute atomic E-state index is 9.91. The first-order valence-electron chi connectivity index (χ1n) is 4.29. The molecule has 1 aliphatic rings. The van der Waals surface area contributed by atoms with Crippen LogP contribution in [0.2, 0.25) is 0 Å². The van der Waals surface area contributed by atoms with E-state index in [1.165, 1.54) is 5.75 Å². The highest BCUT2D eigenvalue weighted by atomic mass is 32.2. The summed E-state index contributed by atoms with van der Waals surface area (Å²) in [5.74, 6) is 4.05. The smallest absolute Gasteiger partial charge is 0.133 e. The quantitative estimate of drug-likeness (QED) is 0.821. The van der Waals surface area contributed by atoms with Crippen molar-refractivity contribution in [3.05, 3.63) is 24.2 Å². The van der Waals surface area contributed by atoms with Crippen molar-refractivity contribution in [1.82, 2.24) is 0 Å². The van der Waals surface area contributed by atoms with Gasteiger partial charge in [0, 0.05) is 22.5 Å². The molecule has 1 saturated heterocycles. The monoisotopic (exact) mass is 216 g/mol. The number of thioether (sulfide) groups is 2. The van der Waals surface area contributed by atoms with Gasteiger partial charge in [-0.1, -0.05) is 0 Å². The van der Waals surface area contributed by atoms with Crippen molar-refractivity contribution in [3.8, 4) is 0 Å². The van der Waals surface area contributed by atoms with Gasteiger partial charge in [0.05, 0.1) is 6.26 Å². The molecule has 0 radical (unpaired) electrons. The Balaban J connectivity index is 1.99. The third-order valence-electron chi connectivity index (χ3n) is 2.03. The minimum absolute atomic E-state index is 0.296. The van der Waals surface area contributed by atoms with Crippen molar-refractivity contribution in [1.29, 1.82) is 0 Å². The fraction of sp³-hybridized carbons (Fsp3) is 0.556. The van der Waals surface area contributed by atoms with E-state index in [-0.39, 0.29) is 0 Å². The molecule has 2 rings (SSSR count). The topological polar surface area (TPSA) is 33.4 Å². The number of hydrogen-bond donors (Lipinski definition) is 1. The highest BCUT2D eigenvalue weighted by Gasteiger charge is 2.25. The van der Waals surface area contributed by atoms with Gasteiger partial charge in [0.1, 0.15) is 11.9 Å².